The van der Waals surface area contributed by atoms with Crippen LogP contribution in [0, 0.1) is 20.9 Å². The molecule has 0 amide bonds. The molecule has 7 aromatic rings. The van der Waals surface area contributed by atoms with E-state index >= 15 is 0 Å². The molecule has 0 fully saturated rings. The van der Waals surface area contributed by atoms with Gasteiger partial charge in [0, 0.05) is 30.0 Å². The van der Waals surface area contributed by atoms with Crippen molar-refractivity contribution in [3.8, 4) is 28.4 Å². The highest BCUT2D eigenvalue weighted by Crippen LogP contribution is 2.46. The van der Waals surface area contributed by atoms with E-state index in [0.717, 1.165) is 56.8 Å². The van der Waals surface area contributed by atoms with Gasteiger partial charge in [-0.25, -0.2) is 4.57 Å². The standard InChI is InChI=1S/C45H42N4O/c1-29-15-13-16-30(2)43(29)37-27-35(50-34-18-14-17-33(26-34)48-31(3)47(8)39-21-11-12-22-40(39)48)28-41-44(37)36-19-9-10-20-38(36)49(41)42-25-32(45(4,5)6)23-24-46(42)7/h9-28H,3,7H2,1-2,4-6,8H3. The second-order valence-corrected chi connectivity index (χ2v) is 14.4. The molecule has 5 aromatic carbocycles. The molecule has 5 heteroatoms. The van der Waals surface area contributed by atoms with Gasteiger partial charge in [-0.05, 0) is 103 Å². The first-order valence-corrected chi connectivity index (χ1v) is 17.1. The van der Waals surface area contributed by atoms with Crippen molar-refractivity contribution < 1.29 is 9.30 Å². The van der Waals surface area contributed by atoms with Crippen molar-refractivity contribution in [2.45, 2.75) is 40.0 Å². The maximum Gasteiger partial charge on any atom is 0.184 e. The first-order valence-electron chi connectivity index (χ1n) is 17.1. The van der Waals surface area contributed by atoms with Crippen molar-refractivity contribution in [2.75, 3.05) is 16.8 Å². The summed E-state index contributed by atoms with van der Waals surface area (Å²) in [6.07, 6.45) is 2.07. The molecule has 0 saturated heterocycles. The van der Waals surface area contributed by atoms with Gasteiger partial charge in [-0.15, -0.1) is 0 Å². The van der Waals surface area contributed by atoms with Crippen molar-refractivity contribution in [3.05, 3.63) is 158 Å². The number of aromatic nitrogens is 2. The van der Waals surface area contributed by atoms with E-state index in [1.54, 1.807) is 0 Å². The van der Waals surface area contributed by atoms with Gasteiger partial charge in [0.25, 0.3) is 0 Å². The number of nitrogens with zero attached hydrogens (tertiary/aromatic N) is 4. The van der Waals surface area contributed by atoms with E-state index in [9.17, 15) is 0 Å². The van der Waals surface area contributed by atoms with Crippen LogP contribution in [0.2, 0.25) is 0 Å². The zero-order chi connectivity index (χ0) is 34.9. The third-order valence-electron chi connectivity index (χ3n) is 10.0. The molecule has 0 atom stereocenters. The van der Waals surface area contributed by atoms with Crippen LogP contribution in [0.5, 0.6) is 11.5 Å². The number of rotatable bonds is 5. The van der Waals surface area contributed by atoms with Crippen LogP contribution in [0.1, 0.15) is 37.5 Å². The summed E-state index contributed by atoms with van der Waals surface area (Å²) in [5, 5.41) is 2.37. The summed E-state index contributed by atoms with van der Waals surface area (Å²) in [7, 11) is 6.49. The Hall–Kier alpha value is -5.94. The van der Waals surface area contributed by atoms with E-state index in [2.05, 4.69) is 179 Å². The van der Waals surface area contributed by atoms with Crippen LogP contribution in [-0.2, 0) is 5.41 Å². The van der Waals surface area contributed by atoms with Crippen molar-refractivity contribution >= 4 is 38.9 Å². The Morgan fingerprint density at radius 2 is 1.42 bits per heavy atom. The summed E-state index contributed by atoms with van der Waals surface area (Å²) >= 11 is 0. The van der Waals surface area contributed by atoms with Gasteiger partial charge >= 0.3 is 0 Å². The quantitative estimate of drug-likeness (QED) is 0.136. The molecule has 0 unspecified atom stereocenters. The average Bonchev–Trinajstić information content (AvgIpc) is 3.55. The molecule has 3 heterocycles. The van der Waals surface area contributed by atoms with Crippen LogP contribution in [0.3, 0.4) is 0 Å². The molecular formula is C45H42N4O. The zero-order valence-electron chi connectivity index (χ0n) is 29.7. The molecule has 1 aliphatic rings. The fourth-order valence-corrected chi connectivity index (χ4v) is 7.46. The number of pyridine rings is 1. The lowest BCUT2D eigenvalue weighted by Gasteiger charge is -2.23. The predicted octanol–water partition coefficient (Wildman–Crippen LogP) is 11.1. The van der Waals surface area contributed by atoms with Crippen molar-refractivity contribution in [1.29, 1.82) is 0 Å². The van der Waals surface area contributed by atoms with Gasteiger partial charge in [0.2, 0.25) is 0 Å². The lowest BCUT2D eigenvalue weighted by molar-refractivity contribution is -0.606. The molecule has 0 spiro atoms. The third-order valence-corrected chi connectivity index (χ3v) is 10.0. The Morgan fingerprint density at radius 1 is 0.720 bits per heavy atom. The van der Waals surface area contributed by atoms with Gasteiger partial charge in [-0.2, -0.15) is 0 Å². The molecule has 0 saturated carbocycles. The van der Waals surface area contributed by atoms with E-state index in [1.807, 2.05) is 16.7 Å². The van der Waals surface area contributed by atoms with E-state index in [1.165, 1.54) is 33.0 Å². The lowest BCUT2D eigenvalue weighted by Crippen LogP contribution is -2.32. The van der Waals surface area contributed by atoms with Crippen molar-refractivity contribution in [2.24, 2.45) is 0 Å². The number of fused-ring (bicyclic) bond motifs is 4. The number of anilines is 3. The highest BCUT2D eigenvalue weighted by molar-refractivity contribution is 6.16. The number of benzene rings is 5. The largest absolute Gasteiger partial charge is 0.457 e. The van der Waals surface area contributed by atoms with Crippen LogP contribution in [0.15, 0.2) is 134 Å². The predicted molar refractivity (Wildman–Crippen MR) is 208 cm³/mol. The van der Waals surface area contributed by atoms with Gasteiger partial charge < -0.3 is 14.2 Å². The van der Waals surface area contributed by atoms with Crippen LogP contribution >= 0.6 is 0 Å². The summed E-state index contributed by atoms with van der Waals surface area (Å²) in [5.41, 5.74) is 11.4. The van der Waals surface area contributed by atoms with Gasteiger partial charge in [-0.3, -0.25) is 4.90 Å². The fourth-order valence-electron chi connectivity index (χ4n) is 7.46. The monoisotopic (exact) mass is 654 g/mol. The zero-order valence-corrected chi connectivity index (χ0v) is 29.7. The van der Waals surface area contributed by atoms with Crippen LogP contribution in [-0.4, -0.2) is 11.6 Å². The van der Waals surface area contributed by atoms with Crippen LogP contribution in [0.25, 0.3) is 38.8 Å². The fraction of sp³-hybridized carbons (Fsp3) is 0.156. The van der Waals surface area contributed by atoms with Crippen LogP contribution < -0.4 is 19.1 Å². The maximum absolute atomic E-state index is 6.87. The Labute approximate surface area is 294 Å². The second-order valence-electron chi connectivity index (χ2n) is 14.4. The first kappa shape index (κ1) is 31.3. The van der Waals surface area contributed by atoms with E-state index in [4.69, 9.17) is 4.74 Å². The van der Waals surface area contributed by atoms with Crippen molar-refractivity contribution in [3.63, 3.8) is 0 Å². The second kappa shape index (κ2) is 11.6. The number of hydrogen-bond acceptors (Lipinski definition) is 3. The number of hydrogen-bond donors (Lipinski definition) is 0. The average molecular weight is 655 g/mol. The van der Waals surface area contributed by atoms with Gasteiger partial charge in [0.1, 0.15) is 28.4 Å². The highest BCUT2D eigenvalue weighted by Gasteiger charge is 2.29. The molecule has 0 aliphatic carbocycles. The summed E-state index contributed by atoms with van der Waals surface area (Å²) in [4.78, 5) is 4.30. The van der Waals surface area contributed by atoms with E-state index in [0.29, 0.717) is 0 Å². The number of aryl methyl sites for hydroxylation is 2. The molecule has 1 aliphatic heterocycles. The first-order chi connectivity index (χ1) is 24.0. The summed E-state index contributed by atoms with van der Waals surface area (Å²) in [6.45, 7) is 15.5. The summed E-state index contributed by atoms with van der Waals surface area (Å²) in [5.74, 6) is 3.39. The highest BCUT2D eigenvalue weighted by atomic mass is 16.5. The Bertz CT molecular complexity index is 2460. The number of para-hydroxylation sites is 3. The third kappa shape index (κ3) is 5.00. The summed E-state index contributed by atoms with van der Waals surface area (Å²) < 4.78 is 11.2. The van der Waals surface area contributed by atoms with E-state index in [-0.39, 0.29) is 5.41 Å². The SMILES string of the molecule is C=C1N(C)c2ccccc2N1c1cccc(Oc2cc(-c3c(C)cccc3C)c3c4ccccc4n(-c4cc(C(C)(C)C)cc[n+]4[CH2-])c3c2)c1. The molecule has 8 rings (SSSR count). The summed E-state index contributed by atoms with van der Waals surface area (Å²) in [6, 6.07) is 40.7. The minimum absolute atomic E-state index is 0.0273. The molecular weight excluding hydrogens is 613 g/mol. The van der Waals surface area contributed by atoms with Crippen LogP contribution in [0.4, 0.5) is 17.1 Å². The number of ether oxygens (including phenoxy) is 1. The molecule has 2 aromatic heterocycles. The Balaban J connectivity index is 1.36. The van der Waals surface area contributed by atoms with Gasteiger partial charge in [-0.1, -0.05) is 87.5 Å². The minimum Gasteiger partial charge on any atom is -0.457 e. The molecule has 0 radical (unpaired) electrons. The molecule has 5 nitrogen and oxygen atoms in total. The van der Waals surface area contributed by atoms with Crippen molar-refractivity contribution in [1.82, 2.24) is 4.57 Å². The smallest absolute Gasteiger partial charge is 0.184 e. The topological polar surface area (TPSA) is 24.5 Å². The normalized spacial score (nSPS) is 13.0. The Kier molecular flexibility index (Phi) is 7.27. The Morgan fingerprint density at radius 3 is 2.18 bits per heavy atom. The maximum atomic E-state index is 6.87. The van der Waals surface area contributed by atoms with Gasteiger partial charge in [0.05, 0.1) is 17.1 Å². The van der Waals surface area contributed by atoms with E-state index < -0.39 is 0 Å². The molecule has 248 valence electrons. The molecule has 0 N–H and O–H groups in total. The lowest BCUT2D eigenvalue weighted by atomic mass is 9.88. The molecule has 0 bridgehead atoms. The minimum atomic E-state index is -0.0273. The molecule has 50 heavy (non-hydrogen) atoms. The van der Waals surface area contributed by atoms with Gasteiger partial charge in [0.15, 0.2) is 5.82 Å².